The van der Waals surface area contributed by atoms with Crippen molar-refractivity contribution in [2.24, 2.45) is 5.92 Å². The molecule has 8 heteroatoms. The van der Waals surface area contributed by atoms with Crippen molar-refractivity contribution in [1.29, 1.82) is 0 Å². The number of benzene rings is 1. The summed E-state index contributed by atoms with van der Waals surface area (Å²) in [6.07, 6.45) is -3.28. The fourth-order valence-electron chi connectivity index (χ4n) is 3.35. The molecule has 0 unspecified atom stereocenters. The molecule has 0 N–H and O–H groups in total. The van der Waals surface area contributed by atoms with Crippen molar-refractivity contribution in [3.05, 3.63) is 29.8 Å². The van der Waals surface area contributed by atoms with E-state index in [2.05, 4.69) is 0 Å². The molecular weight excluding hydrogens is 385 g/mol. The molecule has 164 valence electrons. The molecule has 0 spiro atoms. The summed E-state index contributed by atoms with van der Waals surface area (Å²) >= 11 is 0. The molecule has 29 heavy (non-hydrogen) atoms. The molecule has 2 atom stereocenters. The van der Waals surface area contributed by atoms with Gasteiger partial charge >= 0.3 is 12.3 Å². The third kappa shape index (κ3) is 7.42. The molecule has 0 saturated carbocycles. The highest BCUT2D eigenvalue weighted by atomic mass is 19.4. The van der Waals surface area contributed by atoms with Gasteiger partial charge < -0.3 is 19.3 Å². The van der Waals surface area contributed by atoms with Crippen LogP contribution in [-0.4, -0.2) is 61.3 Å². The number of hydrogen-bond donors (Lipinski definition) is 0. The fourth-order valence-corrected chi connectivity index (χ4v) is 3.35. The van der Waals surface area contributed by atoms with Crippen LogP contribution in [0.2, 0.25) is 0 Å². The zero-order chi connectivity index (χ0) is 21.8. The Balaban J connectivity index is 2.09. The monoisotopic (exact) mass is 416 g/mol. The maximum atomic E-state index is 12.8. The van der Waals surface area contributed by atoms with E-state index in [9.17, 15) is 18.0 Å². The van der Waals surface area contributed by atoms with Crippen molar-refractivity contribution in [1.82, 2.24) is 9.80 Å². The number of halogens is 3. The summed E-state index contributed by atoms with van der Waals surface area (Å²) in [5.41, 5.74) is -1.27. The number of hydrogen-bond acceptors (Lipinski definition) is 4. The SMILES string of the molecule is CN(C)C[C@@H](Oc1ccc(C(F)(F)F)cc1)[C@@H]1CCCN(C(=O)OC(C)(C)C)C1. The van der Waals surface area contributed by atoms with E-state index in [1.165, 1.54) is 12.1 Å². The molecule has 1 aromatic carbocycles. The molecule has 1 aromatic rings. The van der Waals surface area contributed by atoms with E-state index in [1.807, 2.05) is 39.8 Å². The molecule has 0 radical (unpaired) electrons. The van der Waals surface area contributed by atoms with Gasteiger partial charge in [-0.25, -0.2) is 4.79 Å². The first-order chi connectivity index (χ1) is 13.3. The van der Waals surface area contributed by atoms with E-state index in [-0.39, 0.29) is 18.1 Å². The highest BCUT2D eigenvalue weighted by molar-refractivity contribution is 5.68. The van der Waals surface area contributed by atoms with Crippen LogP contribution in [0.25, 0.3) is 0 Å². The van der Waals surface area contributed by atoms with E-state index in [0.29, 0.717) is 25.4 Å². The summed E-state index contributed by atoms with van der Waals surface area (Å²) in [5.74, 6) is 0.445. The van der Waals surface area contributed by atoms with Gasteiger partial charge in [0.05, 0.1) is 5.56 Å². The number of ether oxygens (including phenoxy) is 2. The number of carbonyl (C=O) groups is 1. The summed E-state index contributed by atoms with van der Waals surface area (Å²) in [4.78, 5) is 16.1. The summed E-state index contributed by atoms with van der Waals surface area (Å²) in [6.45, 7) is 7.20. The van der Waals surface area contributed by atoms with Gasteiger partial charge in [-0.05, 0) is 72.0 Å². The van der Waals surface area contributed by atoms with Crippen molar-refractivity contribution in [2.45, 2.75) is 51.5 Å². The molecule has 0 bridgehead atoms. The van der Waals surface area contributed by atoms with Gasteiger partial charge in [-0.1, -0.05) is 0 Å². The number of amides is 1. The Labute approximate surface area is 170 Å². The first-order valence-corrected chi connectivity index (χ1v) is 9.82. The van der Waals surface area contributed by atoms with Crippen LogP contribution < -0.4 is 4.74 Å². The van der Waals surface area contributed by atoms with Crippen molar-refractivity contribution in [3.63, 3.8) is 0 Å². The average Bonchev–Trinajstić information content (AvgIpc) is 2.59. The lowest BCUT2D eigenvalue weighted by atomic mass is 9.92. The van der Waals surface area contributed by atoms with Gasteiger partial charge in [0.15, 0.2) is 0 Å². The minimum atomic E-state index is -4.38. The number of alkyl halides is 3. The number of likely N-dealkylation sites (tertiary alicyclic amines) is 1. The van der Waals surface area contributed by atoms with Crippen LogP contribution >= 0.6 is 0 Å². The van der Waals surface area contributed by atoms with E-state index in [0.717, 1.165) is 25.0 Å². The molecule has 1 aliphatic heterocycles. The van der Waals surface area contributed by atoms with Gasteiger partial charge in [0.1, 0.15) is 17.5 Å². The van der Waals surface area contributed by atoms with E-state index >= 15 is 0 Å². The minimum Gasteiger partial charge on any atom is -0.489 e. The third-order valence-corrected chi connectivity index (χ3v) is 4.65. The summed E-state index contributed by atoms with van der Waals surface area (Å²) in [6, 6.07) is 4.74. The standard InChI is InChI=1S/C21H31F3N2O3/c1-20(2,3)29-19(27)26-12-6-7-15(13-26)18(14-25(4)5)28-17-10-8-16(9-11-17)21(22,23)24/h8-11,15,18H,6-7,12-14H2,1-5H3/t15-,18-/m1/s1. The number of likely N-dealkylation sites (N-methyl/N-ethyl adjacent to an activating group) is 1. The Kier molecular flexibility index (Phi) is 7.43. The molecule has 5 nitrogen and oxygen atoms in total. The van der Waals surface area contributed by atoms with Crippen LogP contribution in [0.3, 0.4) is 0 Å². The van der Waals surface area contributed by atoms with Crippen LogP contribution in [0.4, 0.5) is 18.0 Å². The Morgan fingerprint density at radius 2 is 1.83 bits per heavy atom. The highest BCUT2D eigenvalue weighted by Gasteiger charge is 2.34. The molecule has 1 fully saturated rings. The second-order valence-electron chi connectivity index (χ2n) is 8.77. The van der Waals surface area contributed by atoms with Crippen molar-refractivity contribution in [2.75, 3.05) is 33.7 Å². The largest absolute Gasteiger partial charge is 0.489 e. The van der Waals surface area contributed by atoms with Gasteiger partial charge in [0.2, 0.25) is 0 Å². The quantitative estimate of drug-likeness (QED) is 0.700. The van der Waals surface area contributed by atoms with Gasteiger partial charge in [-0.3, -0.25) is 0 Å². The fraction of sp³-hybridized carbons (Fsp3) is 0.667. The molecule has 1 amide bonds. The Hall–Kier alpha value is -1.96. The highest BCUT2D eigenvalue weighted by Crippen LogP contribution is 2.31. The molecule has 0 aromatic heterocycles. The van der Waals surface area contributed by atoms with Crippen LogP contribution in [0.5, 0.6) is 5.75 Å². The van der Waals surface area contributed by atoms with Crippen molar-refractivity contribution >= 4 is 6.09 Å². The maximum Gasteiger partial charge on any atom is 0.416 e. The van der Waals surface area contributed by atoms with Gasteiger partial charge in [0.25, 0.3) is 0 Å². The molecule has 1 heterocycles. The lowest BCUT2D eigenvalue weighted by Gasteiger charge is -2.38. The zero-order valence-corrected chi connectivity index (χ0v) is 17.8. The van der Waals surface area contributed by atoms with Crippen molar-refractivity contribution < 1.29 is 27.4 Å². The van der Waals surface area contributed by atoms with Crippen LogP contribution in [0.15, 0.2) is 24.3 Å². The molecule has 1 saturated heterocycles. The van der Waals surface area contributed by atoms with E-state index < -0.39 is 17.3 Å². The number of rotatable bonds is 5. The first-order valence-electron chi connectivity index (χ1n) is 9.82. The first kappa shape index (κ1) is 23.3. The van der Waals surface area contributed by atoms with Crippen LogP contribution in [-0.2, 0) is 10.9 Å². The zero-order valence-electron chi connectivity index (χ0n) is 17.8. The normalized spacial score (nSPS) is 19.2. The number of piperidine rings is 1. The molecule has 0 aliphatic carbocycles. The van der Waals surface area contributed by atoms with E-state index in [1.54, 1.807) is 4.90 Å². The van der Waals surface area contributed by atoms with E-state index in [4.69, 9.17) is 9.47 Å². The number of nitrogens with zero attached hydrogens (tertiary/aromatic N) is 2. The molecule has 2 rings (SSSR count). The molecule has 1 aliphatic rings. The second-order valence-corrected chi connectivity index (χ2v) is 8.77. The van der Waals surface area contributed by atoms with Gasteiger partial charge in [-0.2, -0.15) is 13.2 Å². The minimum absolute atomic E-state index is 0.0564. The topological polar surface area (TPSA) is 42.0 Å². The maximum absolute atomic E-state index is 12.8. The van der Waals surface area contributed by atoms with Crippen LogP contribution in [0, 0.1) is 5.92 Å². The van der Waals surface area contributed by atoms with Crippen LogP contribution in [0.1, 0.15) is 39.2 Å². The lowest BCUT2D eigenvalue weighted by molar-refractivity contribution is -0.137. The second kappa shape index (κ2) is 9.24. The average molecular weight is 416 g/mol. The summed E-state index contributed by atoms with van der Waals surface area (Å²) in [7, 11) is 3.83. The lowest BCUT2D eigenvalue weighted by Crippen LogP contribution is -2.48. The predicted molar refractivity (Wildman–Crippen MR) is 105 cm³/mol. The van der Waals surface area contributed by atoms with Gasteiger partial charge in [0, 0.05) is 25.6 Å². The Morgan fingerprint density at radius 1 is 1.21 bits per heavy atom. The smallest absolute Gasteiger partial charge is 0.416 e. The van der Waals surface area contributed by atoms with Crippen molar-refractivity contribution in [3.8, 4) is 5.75 Å². The Morgan fingerprint density at radius 3 is 2.34 bits per heavy atom. The summed E-state index contributed by atoms with van der Waals surface area (Å²) in [5, 5.41) is 0. The number of carbonyl (C=O) groups excluding carboxylic acids is 1. The molecular formula is C21H31F3N2O3. The Bertz CT molecular complexity index is 669. The van der Waals surface area contributed by atoms with Gasteiger partial charge in [-0.15, -0.1) is 0 Å². The predicted octanol–water partition coefficient (Wildman–Crippen LogP) is 4.66. The summed E-state index contributed by atoms with van der Waals surface area (Å²) < 4.78 is 49.9. The third-order valence-electron chi connectivity index (χ3n) is 4.65.